The van der Waals surface area contributed by atoms with Gasteiger partial charge in [-0.15, -0.1) is 5.10 Å². The van der Waals surface area contributed by atoms with Crippen LogP contribution in [0.1, 0.15) is 67.3 Å². The molecule has 1 unspecified atom stereocenters. The predicted molar refractivity (Wildman–Crippen MR) is 160 cm³/mol. The minimum atomic E-state index is -4.60. The van der Waals surface area contributed by atoms with Crippen molar-refractivity contribution in [2.45, 2.75) is 57.7 Å². The average Bonchev–Trinajstić information content (AvgIpc) is 3.43. The number of unbranched alkanes of at least 4 members (excludes halogenated alkanes) is 1. The van der Waals surface area contributed by atoms with Crippen LogP contribution in [0.25, 0.3) is 0 Å². The number of esters is 1. The number of anilines is 2. The maximum Gasteiger partial charge on any atom is 0.416 e. The Kier molecular flexibility index (Phi) is 8.07. The van der Waals surface area contributed by atoms with Gasteiger partial charge >= 0.3 is 17.8 Å². The van der Waals surface area contributed by atoms with Crippen molar-refractivity contribution in [3.63, 3.8) is 0 Å². The molecule has 9 nitrogen and oxygen atoms in total. The lowest BCUT2D eigenvalue weighted by atomic mass is 9.85. The minimum absolute atomic E-state index is 0.0362. The van der Waals surface area contributed by atoms with Crippen LogP contribution in [-0.4, -0.2) is 58.5 Å². The standard InChI is InChI=1S/C33H35F3N6O3/c1-21-28(30(43)45-2)29(41-31(38-39-32(41)44)40(21)26-8-5-7-25(19-26)33(34,35)36)27-10-9-23(20-37)18-24(27)6-3-4-14-42-15-11-22(12-16-42)13-17-42/h5,7-10,18-19,22,29H,3-4,6,11-17H2,1-2H3/p+1. The van der Waals surface area contributed by atoms with Gasteiger partial charge in [0.15, 0.2) is 0 Å². The van der Waals surface area contributed by atoms with E-state index >= 15 is 0 Å². The quantitative estimate of drug-likeness (QED) is 0.200. The van der Waals surface area contributed by atoms with E-state index in [4.69, 9.17) is 4.74 Å². The highest BCUT2D eigenvalue weighted by Crippen LogP contribution is 2.44. The molecule has 4 aliphatic heterocycles. The normalized spacial score (nSPS) is 22.7. The van der Waals surface area contributed by atoms with Gasteiger partial charge in [-0.2, -0.15) is 18.4 Å². The molecule has 236 valence electrons. The molecular weight excluding hydrogens is 585 g/mol. The van der Waals surface area contributed by atoms with Crippen LogP contribution < -0.4 is 10.6 Å². The molecule has 7 rings (SSSR count). The molecule has 0 aliphatic carbocycles. The van der Waals surface area contributed by atoms with Gasteiger partial charge in [0.25, 0.3) is 0 Å². The van der Waals surface area contributed by atoms with Crippen LogP contribution in [0, 0.1) is 17.2 Å². The monoisotopic (exact) mass is 621 g/mol. The van der Waals surface area contributed by atoms with Gasteiger partial charge in [-0.25, -0.2) is 19.3 Å². The first-order valence-corrected chi connectivity index (χ1v) is 15.4. The number of nitrogens with one attached hydrogen (secondary N) is 1. The number of aromatic nitrogens is 3. The third-order valence-corrected chi connectivity index (χ3v) is 9.91. The molecule has 3 aromatic rings. The summed E-state index contributed by atoms with van der Waals surface area (Å²) in [5.74, 6) is 0.194. The maximum atomic E-state index is 13.7. The number of hydrogen-bond donors (Lipinski definition) is 1. The van der Waals surface area contributed by atoms with Crippen LogP contribution in [0.3, 0.4) is 0 Å². The summed E-state index contributed by atoms with van der Waals surface area (Å²) in [6.45, 7) is 6.42. The molecule has 3 fully saturated rings. The minimum Gasteiger partial charge on any atom is -0.466 e. The van der Waals surface area contributed by atoms with E-state index in [0.717, 1.165) is 43.0 Å². The lowest BCUT2D eigenvalue weighted by Gasteiger charge is -2.49. The number of H-pyrrole nitrogens is 1. The van der Waals surface area contributed by atoms with Gasteiger partial charge in [0, 0.05) is 11.4 Å². The Morgan fingerprint density at radius 2 is 1.87 bits per heavy atom. The number of nitrogens with zero attached hydrogens (tertiary/aromatic N) is 5. The zero-order valence-corrected chi connectivity index (χ0v) is 25.4. The summed E-state index contributed by atoms with van der Waals surface area (Å²) in [5.41, 5.74) is 0.828. The third-order valence-electron chi connectivity index (χ3n) is 9.91. The number of rotatable bonds is 8. The zero-order valence-electron chi connectivity index (χ0n) is 25.4. The molecule has 1 aromatic heterocycles. The molecule has 0 spiro atoms. The molecule has 12 heteroatoms. The molecule has 4 aliphatic rings. The Balaban J connectivity index is 1.40. The van der Waals surface area contributed by atoms with E-state index in [-0.39, 0.29) is 22.9 Å². The van der Waals surface area contributed by atoms with Gasteiger partial charge in [-0.3, -0.25) is 4.90 Å². The van der Waals surface area contributed by atoms with Crippen LogP contribution in [0.2, 0.25) is 0 Å². The Labute approximate surface area is 259 Å². The van der Waals surface area contributed by atoms with Crippen molar-refractivity contribution in [1.82, 2.24) is 14.8 Å². The highest BCUT2D eigenvalue weighted by Gasteiger charge is 2.42. The second kappa shape index (κ2) is 11.9. The van der Waals surface area contributed by atoms with Crippen LogP contribution in [-0.2, 0) is 22.1 Å². The molecule has 3 saturated heterocycles. The van der Waals surface area contributed by atoms with E-state index in [1.807, 2.05) is 0 Å². The van der Waals surface area contributed by atoms with Crippen molar-refractivity contribution in [1.29, 1.82) is 5.26 Å². The molecule has 45 heavy (non-hydrogen) atoms. The number of nitriles is 1. The first kappa shape index (κ1) is 30.6. The number of alkyl halides is 3. The van der Waals surface area contributed by atoms with Gasteiger partial charge < -0.3 is 9.22 Å². The number of ether oxygens (including phenoxy) is 1. The van der Waals surface area contributed by atoms with Crippen LogP contribution in [0.4, 0.5) is 24.8 Å². The predicted octanol–water partition coefficient (Wildman–Crippen LogP) is 5.60. The Bertz CT molecular complexity index is 1730. The summed E-state index contributed by atoms with van der Waals surface area (Å²) in [6.07, 6.45) is 1.79. The summed E-state index contributed by atoms with van der Waals surface area (Å²) in [6, 6.07) is 11.0. The van der Waals surface area contributed by atoms with Gasteiger partial charge in [-0.05, 0) is 92.8 Å². The molecule has 0 amide bonds. The van der Waals surface area contributed by atoms with Gasteiger partial charge in [0.1, 0.15) is 6.04 Å². The molecule has 2 bridgehead atoms. The first-order valence-electron chi connectivity index (χ1n) is 15.4. The molecule has 1 N–H and O–H groups in total. The first-order chi connectivity index (χ1) is 21.5. The number of carbonyl (C=O) groups is 1. The van der Waals surface area contributed by atoms with Crippen molar-refractivity contribution in [2.24, 2.45) is 5.92 Å². The Hall–Kier alpha value is -4.37. The Morgan fingerprint density at radius 3 is 2.53 bits per heavy atom. The van der Waals surface area contributed by atoms with Crippen molar-refractivity contribution in [3.05, 3.63) is 86.5 Å². The van der Waals surface area contributed by atoms with E-state index in [1.165, 1.54) is 72.1 Å². The van der Waals surface area contributed by atoms with E-state index in [0.29, 0.717) is 17.5 Å². The summed E-state index contributed by atoms with van der Waals surface area (Å²) >= 11 is 0. The number of aromatic amines is 1. The topological polar surface area (TPSA) is 104 Å². The lowest BCUT2D eigenvalue weighted by Crippen LogP contribution is -2.58. The van der Waals surface area contributed by atoms with E-state index in [9.17, 15) is 28.0 Å². The largest absolute Gasteiger partial charge is 0.466 e. The zero-order chi connectivity index (χ0) is 31.9. The van der Waals surface area contributed by atoms with Gasteiger partial charge in [0.05, 0.1) is 56.1 Å². The van der Waals surface area contributed by atoms with Crippen molar-refractivity contribution >= 4 is 17.6 Å². The van der Waals surface area contributed by atoms with E-state index < -0.39 is 29.4 Å². The molecule has 5 heterocycles. The number of allylic oxidation sites excluding steroid dienone is 1. The molecule has 0 radical (unpaired) electrons. The Morgan fingerprint density at radius 1 is 1.13 bits per heavy atom. The van der Waals surface area contributed by atoms with Crippen molar-refractivity contribution in [3.8, 4) is 6.07 Å². The highest BCUT2D eigenvalue weighted by atomic mass is 19.4. The number of benzene rings is 2. The lowest BCUT2D eigenvalue weighted by molar-refractivity contribution is -0.942. The number of hydrogen-bond acceptors (Lipinski definition) is 6. The summed E-state index contributed by atoms with van der Waals surface area (Å²) in [7, 11) is 1.22. The number of aryl methyl sites for hydroxylation is 1. The summed E-state index contributed by atoms with van der Waals surface area (Å²) < 4.78 is 48.6. The van der Waals surface area contributed by atoms with Crippen LogP contribution in [0.5, 0.6) is 0 Å². The van der Waals surface area contributed by atoms with E-state index in [2.05, 4.69) is 16.3 Å². The second-order valence-corrected chi connectivity index (χ2v) is 12.4. The SMILES string of the molecule is COC(=O)C1=C(C)N(c2cccc(C(F)(F)F)c2)c2n[nH]c(=O)n2C1c1ccc(C#N)cc1CCCC[N+]12CCC(CC1)CC2. The summed E-state index contributed by atoms with van der Waals surface area (Å²) in [4.78, 5) is 28.2. The summed E-state index contributed by atoms with van der Waals surface area (Å²) in [5, 5.41) is 16.3. The maximum absolute atomic E-state index is 13.7. The number of fused-ring (bicyclic) bond motifs is 4. The fraction of sp³-hybridized carbons (Fsp3) is 0.455. The number of piperidine rings is 3. The number of quaternary nitrogens is 1. The van der Waals surface area contributed by atoms with E-state index in [1.54, 1.807) is 25.1 Å². The molecule has 0 saturated carbocycles. The average molecular weight is 622 g/mol. The number of halogens is 3. The van der Waals surface area contributed by atoms with Gasteiger partial charge in [0.2, 0.25) is 5.95 Å². The number of carbonyl (C=O) groups excluding carboxylic acids is 1. The number of methoxy groups -OCH3 is 1. The molecular formula is C33H36F3N6O3+. The fourth-order valence-electron chi connectivity index (χ4n) is 7.47. The second-order valence-electron chi connectivity index (χ2n) is 12.4. The van der Waals surface area contributed by atoms with Crippen LogP contribution >= 0.6 is 0 Å². The highest BCUT2D eigenvalue weighted by molar-refractivity contribution is 5.93. The van der Waals surface area contributed by atoms with Crippen LogP contribution in [0.15, 0.2) is 58.5 Å². The molecule has 2 aromatic carbocycles. The van der Waals surface area contributed by atoms with Crippen molar-refractivity contribution < 1.29 is 27.2 Å². The molecule has 1 atom stereocenters. The third kappa shape index (κ3) is 5.65. The van der Waals surface area contributed by atoms with Gasteiger partial charge in [-0.1, -0.05) is 12.1 Å². The fourth-order valence-corrected chi connectivity index (χ4v) is 7.47. The van der Waals surface area contributed by atoms with Crippen molar-refractivity contribution in [2.75, 3.05) is 38.2 Å². The smallest absolute Gasteiger partial charge is 0.416 e.